The number of anilines is 2. The fourth-order valence-electron chi connectivity index (χ4n) is 2.96. The highest BCUT2D eigenvalue weighted by atomic mass is 16.1. The summed E-state index contributed by atoms with van der Waals surface area (Å²) in [5, 5.41) is 6.38. The molecule has 1 heterocycles. The van der Waals surface area contributed by atoms with E-state index in [-0.39, 0.29) is 5.91 Å². The summed E-state index contributed by atoms with van der Waals surface area (Å²) >= 11 is 0. The summed E-state index contributed by atoms with van der Waals surface area (Å²) < 4.78 is 0. The van der Waals surface area contributed by atoms with Gasteiger partial charge in [-0.1, -0.05) is 55.0 Å². The predicted molar refractivity (Wildman–Crippen MR) is 111 cm³/mol. The molecule has 2 N–H and O–H groups in total. The Morgan fingerprint density at radius 3 is 2.56 bits per heavy atom. The van der Waals surface area contributed by atoms with Crippen molar-refractivity contribution in [2.45, 2.75) is 33.7 Å². The Morgan fingerprint density at radius 1 is 1.04 bits per heavy atom. The molecule has 0 fully saturated rings. The van der Waals surface area contributed by atoms with E-state index in [1.165, 1.54) is 11.1 Å². The second kappa shape index (κ2) is 8.49. The molecule has 4 nitrogen and oxygen atoms in total. The maximum Gasteiger partial charge on any atom is 0.257 e. The zero-order chi connectivity index (χ0) is 19.2. The fourth-order valence-corrected chi connectivity index (χ4v) is 2.96. The van der Waals surface area contributed by atoms with Crippen molar-refractivity contribution in [1.82, 2.24) is 4.98 Å². The smallest absolute Gasteiger partial charge is 0.257 e. The summed E-state index contributed by atoms with van der Waals surface area (Å²) in [5.41, 5.74) is 6.86. The Labute approximate surface area is 160 Å². The maximum atomic E-state index is 12.7. The topological polar surface area (TPSA) is 54.0 Å². The van der Waals surface area contributed by atoms with E-state index in [9.17, 15) is 4.79 Å². The minimum absolute atomic E-state index is 0.148. The molecule has 0 aliphatic rings. The monoisotopic (exact) mass is 359 g/mol. The van der Waals surface area contributed by atoms with Crippen molar-refractivity contribution < 1.29 is 4.79 Å². The first kappa shape index (κ1) is 18.6. The molecule has 27 heavy (non-hydrogen) atoms. The molecular weight excluding hydrogens is 334 g/mol. The number of rotatable bonds is 6. The van der Waals surface area contributed by atoms with Crippen LogP contribution in [0.25, 0.3) is 0 Å². The van der Waals surface area contributed by atoms with Crippen LogP contribution in [0, 0.1) is 13.8 Å². The van der Waals surface area contributed by atoms with Gasteiger partial charge in [-0.15, -0.1) is 0 Å². The first-order valence-corrected chi connectivity index (χ1v) is 9.21. The second-order valence-electron chi connectivity index (χ2n) is 6.72. The second-order valence-corrected chi connectivity index (χ2v) is 6.72. The van der Waals surface area contributed by atoms with Crippen LogP contribution in [-0.4, -0.2) is 10.9 Å². The minimum atomic E-state index is -0.148. The van der Waals surface area contributed by atoms with E-state index < -0.39 is 0 Å². The van der Waals surface area contributed by atoms with Crippen LogP contribution in [0.1, 0.15) is 39.5 Å². The fraction of sp³-hybridized carbons (Fsp3) is 0.217. The van der Waals surface area contributed by atoms with Crippen molar-refractivity contribution in [3.8, 4) is 0 Å². The number of hydrogen-bond donors (Lipinski definition) is 2. The summed E-state index contributed by atoms with van der Waals surface area (Å²) in [4.78, 5) is 16.9. The van der Waals surface area contributed by atoms with Gasteiger partial charge in [-0.2, -0.15) is 0 Å². The quantitative estimate of drug-likeness (QED) is 0.642. The van der Waals surface area contributed by atoms with Crippen LogP contribution in [0.2, 0.25) is 0 Å². The van der Waals surface area contributed by atoms with Crippen LogP contribution in [0.15, 0.2) is 60.9 Å². The van der Waals surface area contributed by atoms with Crippen molar-refractivity contribution in [3.05, 3.63) is 88.7 Å². The normalized spacial score (nSPS) is 10.5. The Hall–Kier alpha value is -3.14. The van der Waals surface area contributed by atoms with Crippen LogP contribution < -0.4 is 10.6 Å². The lowest BCUT2D eigenvalue weighted by Gasteiger charge is -2.13. The summed E-state index contributed by atoms with van der Waals surface area (Å²) in [7, 11) is 0. The van der Waals surface area contributed by atoms with Crippen LogP contribution in [-0.2, 0) is 13.0 Å². The van der Waals surface area contributed by atoms with Gasteiger partial charge in [0.1, 0.15) is 0 Å². The number of hydrogen-bond acceptors (Lipinski definition) is 3. The van der Waals surface area contributed by atoms with Gasteiger partial charge in [0.25, 0.3) is 5.91 Å². The van der Waals surface area contributed by atoms with E-state index in [1.54, 1.807) is 12.4 Å². The van der Waals surface area contributed by atoms with Crippen molar-refractivity contribution in [2.75, 3.05) is 10.6 Å². The molecule has 138 valence electrons. The van der Waals surface area contributed by atoms with E-state index in [0.717, 1.165) is 28.9 Å². The number of amides is 1. The van der Waals surface area contributed by atoms with E-state index in [2.05, 4.69) is 53.7 Å². The first-order valence-electron chi connectivity index (χ1n) is 9.21. The van der Waals surface area contributed by atoms with Crippen LogP contribution in [0.3, 0.4) is 0 Å². The number of aryl methyl sites for hydroxylation is 3. The zero-order valence-corrected chi connectivity index (χ0v) is 16.0. The van der Waals surface area contributed by atoms with Gasteiger partial charge in [0, 0.05) is 24.6 Å². The molecule has 4 heteroatoms. The summed E-state index contributed by atoms with van der Waals surface area (Å²) in [6.45, 7) is 6.85. The summed E-state index contributed by atoms with van der Waals surface area (Å²) in [6.07, 6.45) is 4.19. The Kier molecular flexibility index (Phi) is 5.87. The zero-order valence-electron chi connectivity index (χ0n) is 16.0. The third-order valence-corrected chi connectivity index (χ3v) is 4.60. The first-order chi connectivity index (χ1) is 13.1. The van der Waals surface area contributed by atoms with Gasteiger partial charge < -0.3 is 10.6 Å². The number of pyridine rings is 1. The van der Waals surface area contributed by atoms with Crippen molar-refractivity contribution in [3.63, 3.8) is 0 Å². The van der Waals surface area contributed by atoms with Gasteiger partial charge in [0.2, 0.25) is 0 Å². The number of nitrogens with one attached hydrogen (secondary N) is 2. The molecule has 0 unspecified atom stereocenters. The molecule has 2 aromatic carbocycles. The lowest BCUT2D eigenvalue weighted by molar-refractivity contribution is 0.102. The highest BCUT2D eigenvalue weighted by molar-refractivity contribution is 6.05. The Morgan fingerprint density at radius 2 is 1.81 bits per heavy atom. The van der Waals surface area contributed by atoms with Crippen molar-refractivity contribution in [2.24, 2.45) is 0 Å². The molecule has 3 rings (SSSR count). The standard InChI is InChI=1S/C23H25N3O/c1-4-19-7-5-6-17(3)22(19)26-23(27)20-12-21(15-24-14-20)25-13-18-10-8-16(2)9-11-18/h5-12,14-15,25H,4,13H2,1-3H3,(H,26,27). The number of carbonyl (C=O) groups is 1. The predicted octanol–water partition coefficient (Wildman–Crippen LogP) is 5.13. The molecule has 3 aromatic rings. The Balaban J connectivity index is 1.71. The molecule has 0 spiro atoms. The average molecular weight is 359 g/mol. The van der Waals surface area contributed by atoms with Gasteiger partial charge in [-0.3, -0.25) is 9.78 Å². The van der Waals surface area contributed by atoms with E-state index in [1.807, 2.05) is 31.2 Å². The minimum Gasteiger partial charge on any atom is -0.380 e. The molecule has 0 radical (unpaired) electrons. The molecule has 0 aliphatic heterocycles. The molecule has 0 saturated carbocycles. The summed E-state index contributed by atoms with van der Waals surface area (Å²) in [5.74, 6) is -0.148. The van der Waals surface area contributed by atoms with E-state index >= 15 is 0 Å². The Bertz CT molecular complexity index is 933. The third-order valence-electron chi connectivity index (χ3n) is 4.60. The van der Waals surface area contributed by atoms with Gasteiger partial charge in [0.15, 0.2) is 0 Å². The van der Waals surface area contributed by atoms with Crippen molar-refractivity contribution in [1.29, 1.82) is 0 Å². The van der Waals surface area contributed by atoms with E-state index in [0.29, 0.717) is 12.1 Å². The molecule has 0 atom stereocenters. The molecular formula is C23H25N3O. The molecule has 0 aliphatic carbocycles. The highest BCUT2D eigenvalue weighted by Gasteiger charge is 2.11. The van der Waals surface area contributed by atoms with Gasteiger partial charge in [-0.05, 0) is 43.0 Å². The number of para-hydroxylation sites is 1. The van der Waals surface area contributed by atoms with Gasteiger partial charge in [-0.25, -0.2) is 0 Å². The third kappa shape index (κ3) is 4.73. The SMILES string of the molecule is CCc1cccc(C)c1NC(=O)c1cncc(NCc2ccc(C)cc2)c1. The molecule has 0 bridgehead atoms. The maximum absolute atomic E-state index is 12.7. The lowest BCUT2D eigenvalue weighted by Crippen LogP contribution is -2.15. The number of carbonyl (C=O) groups excluding carboxylic acids is 1. The van der Waals surface area contributed by atoms with Gasteiger partial charge in [0.05, 0.1) is 11.3 Å². The number of benzene rings is 2. The van der Waals surface area contributed by atoms with Gasteiger partial charge >= 0.3 is 0 Å². The van der Waals surface area contributed by atoms with Crippen LogP contribution >= 0.6 is 0 Å². The lowest BCUT2D eigenvalue weighted by atomic mass is 10.1. The van der Waals surface area contributed by atoms with E-state index in [4.69, 9.17) is 0 Å². The average Bonchev–Trinajstić information content (AvgIpc) is 2.69. The summed E-state index contributed by atoms with van der Waals surface area (Å²) in [6, 6.07) is 16.3. The van der Waals surface area contributed by atoms with Crippen LogP contribution in [0.4, 0.5) is 11.4 Å². The molecule has 1 amide bonds. The van der Waals surface area contributed by atoms with Crippen LogP contribution in [0.5, 0.6) is 0 Å². The molecule has 1 aromatic heterocycles. The highest BCUT2D eigenvalue weighted by Crippen LogP contribution is 2.22. The molecule has 0 saturated heterocycles. The van der Waals surface area contributed by atoms with Crippen molar-refractivity contribution >= 4 is 17.3 Å². The largest absolute Gasteiger partial charge is 0.380 e. The number of aromatic nitrogens is 1. The number of nitrogens with zero attached hydrogens (tertiary/aromatic N) is 1.